The zero-order chi connectivity index (χ0) is 15.1. The van der Waals surface area contributed by atoms with Gasteiger partial charge in [-0.15, -0.1) is 0 Å². The van der Waals surface area contributed by atoms with Gasteiger partial charge in [-0.1, -0.05) is 0 Å². The van der Waals surface area contributed by atoms with Gasteiger partial charge in [0.15, 0.2) is 5.82 Å². The van der Waals surface area contributed by atoms with E-state index in [1.807, 2.05) is 0 Å². The number of halogens is 3. The first-order chi connectivity index (χ1) is 9.24. The van der Waals surface area contributed by atoms with E-state index >= 15 is 0 Å². The van der Waals surface area contributed by atoms with E-state index in [4.69, 9.17) is 10.8 Å². The molecular formula is C9H10F3N5O3. The summed E-state index contributed by atoms with van der Waals surface area (Å²) >= 11 is 0. The summed E-state index contributed by atoms with van der Waals surface area (Å²) in [6, 6.07) is 0. The number of carbonyl (C=O) groups is 2. The Morgan fingerprint density at radius 2 is 2.05 bits per heavy atom. The number of rotatable bonds is 2. The predicted octanol–water partition coefficient (Wildman–Crippen LogP) is -0.653. The first kappa shape index (κ1) is 14.2. The van der Waals surface area contributed by atoms with Crippen LogP contribution in [0.5, 0.6) is 0 Å². The molecule has 1 amide bonds. The molecule has 0 saturated heterocycles. The summed E-state index contributed by atoms with van der Waals surface area (Å²) in [6.07, 6.45) is -5.12. The van der Waals surface area contributed by atoms with Crippen LogP contribution in [0.4, 0.5) is 19.1 Å². The molecule has 0 aliphatic carbocycles. The minimum absolute atomic E-state index is 0.0333. The van der Waals surface area contributed by atoms with Gasteiger partial charge in [-0.2, -0.15) is 23.3 Å². The second-order valence-electron chi connectivity index (χ2n) is 4.16. The molecule has 0 bridgehead atoms. The zero-order valence-corrected chi connectivity index (χ0v) is 9.96. The first-order valence-electron chi connectivity index (χ1n) is 5.49. The van der Waals surface area contributed by atoms with E-state index in [0.717, 1.165) is 4.68 Å². The number of aromatic nitrogens is 3. The molecule has 1 aliphatic rings. The predicted molar refractivity (Wildman–Crippen MR) is 57.4 cm³/mol. The lowest BCUT2D eigenvalue weighted by Gasteiger charge is -2.30. The largest absolute Gasteiger partial charge is 0.481 e. The fraction of sp³-hybridized carbons (Fsp3) is 0.556. The molecule has 1 atom stereocenters. The van der Waals surface area contributed by atoms with Crippen molar-refractivity contribution >= 4 is 17.8 Å². The number of alkyl halides is 3. The fourth-order valence-electron chi connectivity index (χ4n) is 1.84. The van der Waals surface area contributed by atoms with Gasteiger partial charge in [0.1, 0.15) is 0 Å². The highest BCUT2D eigenvalue weighted by Gasteiger charge is 2.47. The molecular weight excluding hydrogens is 283 g/mol. The smallest absolute Gasteiger partial charge is 0.471 e. The minimum Gasteiger partial charge on any atom is -0.481 e. The molecule has 0 aromatic carbocycles. The van der Waals surface area contributed by atoms with Crippen LogP contribution in [-0.2, 0) is 22.7 Å². The lowest BCUT2D eigenvalue weighted by molar-refractivity contribution is -0.171. The van der Waals surface area contributed by atoms with Crippen molar-refractivity contribution in [2.45, 2.75) is 19.3 Å². The third-order valence-corrected chi connectivity index (χ3v) is 2.75. The zero-order valence-electron chi connectivity index (χ0n) is 9.96. The van der Waals surface area contributed by atoms with Crippen molar-refractivity contribution in [1.82, 2.24) is 14.8 Å². The summed E-state index contributed by atoms with van der Waals surface area (Å²) in [4.78, 5) is 26.3. The first-order valence-corrected chi connectivity index (χ1v) is 5.49. The van der Waals surface area contributed by atoms with E-state index in [1.54, 1.807) is 0 Å². The molecule has 2 rings (SSSR count). The number of fused-ring (bicyclic) bond motifs is 1. The summed E-state index contributed by atoms with van der Waals surface area (Å²) in [7, 11) is 0. The molecule has 0 radical (unpaired) electrons. The summed E-state index contributed by atoms with van der Waals surface area (Å²) in [5.41, 5.74) is 5.28. The Kier molecular flexibility index (Phi) is 3.38. The molecule has 1 aromatic rings. The topological polar surface area (TPSA) is 114 Å². The summed E-state index contributed by atoms with van der Waals surface area (Å²) < 4.78 is 38.5. The summed E-state index contributed by atoms with van der Waals surface area (Å²) in [5, 5.41) is 12.7. The van der Waals surface area contributed by atoms with Gasteiger partial charge in [0, 0.05) is 6.54 Å². The summed E-state index contributed by atoms with van der Waals surface area (Å²) in [6.45, 7) is -0.915. The number of nitrogens with zero attached hydrogens (tertiary/aromatic N) is 4. The highest BCUT2D eigenvalue weighted by Crippen LogP contribution is 2.27. The van der Waals surface area contributed by atoms with E-state index in [9.17, 15) is 22.8 Å². The number of hydrogen-bond donors (Lipinski definition) is 2. The molecule has 1 aliphatic heterocycles. The van der Waals surface area contributed by atoms with E-state index in [2.05, 4.69) is 10.1 Å². The highest BCUT2D eigenvalue weighted by atomic mass is 19.4. The Labute approximate surface area is 110 Å². The second-order valence-corrected chi connectivity index (χ2v) is 4.16. The third-order valence-electron chi connectivity index (χ3n) is 2.75. The Bertz CT molecular complexity index is 556. The SMILES string of the molecule is NCc1nc2n(n1)CC(C(=O)O)CN2C(=O)C(F)(F)F. The molecule has 0 fully saturated rings. The molecule has 0 spiro atoms. The van der Waals surface area contributed by atoms with Gasteiger partial charge in [0.05, 0.1) is 19.0 Å². The molecule has 0 saturated carbocycles. The Morgan fingerprint density at radius 3 is 2.55 bits per heavy atom. The van der Waals surface area contributed by atoms with Crippen LogP contribution in [0, 0.1) is 5.92 Å². The number of amides is 1. The fourth-order valence-corrected chi connectivity index (χ4v) is 1.84. The van der Waals surface area contributed by atoms with Crippen LogP contribution in [0.15, 0.2) is 0 Å². The maximum absolute atomic E-state index is 12.5. The number of carbonyl (C=O) groups excluding carboxylic acids is 1. The quantitative estimate of drug-likeness (QED) is 0.748. The van der Waals surface area contributed by atoms with Gasteiger partial charge in [-0.05, 0) is 0 Å². The number of aliphatic carboxylic acids is 1. The monoisotopic (exact) mass is 293 g/mol. The van der Waals surface area contributed by atoms with Crippen molar-refractivity contribution in [2.75, 3.05) is 11.4 Å². The van der Waals surface area contributed by atoms with Crippen molar-refractivity contribution in [1.29, 1.82) is 0 Å². The Balaban J connectivity index is 2.43. The lowest BCUT2D eigenvalue weighted by atomic mass is 10.1. The van der Waals surface area contributed by atoms with Gasteiger partial charge < -0.3 is 10.8 Å². The average Bonchev–Trinajstić information content (AvgIpc) is 2.78. The van der Waals surface area contributed by atoms with E-state index in [-0.39, 0.29) is 29.8 Å². The van der Waals surface area contributed by atoms with E-state index < -0.39 is 30.5 Å². The minimum atomic E-state index is -5.12. The van der Waals surface area contributed by atoms with Gasteiger partial charge in [0.2, 0.25) is 5.95 Å². The molecule has 8 nitrogen and oxygen atoms in total. The van der Waals surface area contributed by atoms with Crippen molar-refractivity contribution in [3.63, 3.8) is 0 Å². The maximum atomic E-state index is 12.5. The van der Waals surface area contributed by atoms with Crippen LogP contribution in [0.25, 0.3) is 0 Å². The van der Waals surface area contributed by atoms with Crippen LogP contribution >= 0.6 is 0 Å². The van der Waals surface area contributed by atoms with Crippen LogP contribution < -0.4 is 10.6 Å². The number of hydrogen-bond acceptors (Lipinski definition) is 5. The van der Waals surface area contributed by atoms with Gasteiger partial charge in [-0.3, -0.25) is 14.5 Å². The molecule has 1 unspecified atom stereocenters. The van der Waals surface area contributed by atoms with Crippen LogP contribution in [0.3, 0.4) is 0 Å². The average molecular weight is 293 g/mol. The standard InChI is InChI=1S/C9H10F3N5O3/c10-9(11,12)7(20)16-2-4(6(18)19)3-17-8(16)14-5(1-13)15-17/h4H,1-3,13H2,(H,18,19). The summed E-state index contributed by atoms with van der Waals surface area (Å²) in [5.74, 6) is -5.00. The van der Waals surface area contributed by atoms with E-state index in [0.29, 0.717) is 0 Å². The Morgan fingerprint density at radius 1 is 1.40 bits per heavy atom. The van der Waals surface area contributed by atoms with Crippen LogP contribution in [0.1, 0.15) is 5.82 Å². The maximum Gasteiger partial charge on any atom is 0.471 e. The molecule has 1 aromatic heterocycles. The van der Waals surface area contributed by atoms with Crippen molar-refractivity contribution < 1.29 is 27.9 Å². The Hall–Kier alpha value is -2.17. The van der Waals surface area contributed by atoms with Crippen LogP contribution in [0.2, 0.25) is 0 Å². The molecule has 3 N–H and O–H groups in total. The second kappa shape index (κ2) is 4.74. The van der Waals surface area contributed by atoms with E-state index in [1.165, 1.54) is 0 Å². The van der Waals surface area contributed by atoms with Crippen LogP contribution in [-0.4, -0.2) is 44.5 Å². The van der Waals surface area contributed by atoms with Crippen molar-refractivity contribution in [2.24, 2.45) is 11.7 Å². The van der Waals surface area contributed by atoms with Gasteiger partial charge in [-0.25, -0.2) is 4.68 Å². The van der Waals surface area contributed by atoms with Crippen molar-refractivity contribution in [3.8, 4) is 0 Å². The third kappa shape index (κ3) is 2.43. The van der Waals surface area contributed by atoms with Gasteiger partial charge >= 0.3 is 18.1 Å². The van der Waals surface area contributed by atoms with Gasteiger partial charge in [0.25, 0.3) is 0 Å². The number of nitrogens with two attached hydrogens (primary N) is 1. The number of carboxylic acids is 1. The highest BCUT2D eigenvalue weighted by molar-refractivity contribution is 5.96. The number of carboxylic acid groups (broad SMARTS) is 1. The molecule has 2 heterocycles. The lowest BCUT2D eigenvalue weighted by Crippen LogP contribution is -2.50. The molecule has 110 valence electrons. The number of anilines is 1. The van der Waals surface area contributed by atoms with Crippen molar-refractivity contribution in [3.05, 3.63) is 5.82 Å². The molecule has 20 heavy (non-hydrogen) atoms. The molecule has 11 heteroatoms. The normalized spacial score (nSPS) is 18.8.